The number of hydrogen-bond donors (Lipinski definition) is 4. The zero-order valence-corrected chi connectivity index (χ0v) is 25.9. The first-order valence-corrected chi connectivity index (χ1v) is 16.6. The van der Waals surface area contributed by atoms with Gasteiger partial charge in [0.05, 0.1) is 42.1 Å². The highest BCUT2D eigenvalue weighted by atomic mass is 31.2. The number of pyridine rings is 1. The first-order chi connectivity index (χ1) is 22.3. The van der Waals surface area contributed by atoms with Crippen LogP contribution in [-0.2, 0) is 15.6 Å². The summed E-state index contributed by atoms with van der Waals surface area (Å²) in [5, 5.41) is 10.2. The molecule has 0 spiro atoms. The lowest BCUT2D eigenvalue weighted by Gasteiger charge is -2.44. The Bertz CT molecular complexity index is 1830. The van der Waals surface area contributed by atoms with Gasteiger partial charge < -0.3 is 40.2 Å². The van der Waals surface area contributed by atoms with Crippen molar-refractivity contribution in [2.45, 2.75) is 62.8 Å². The van der Waals surface area contributed by atoms with Gasteiger partial charge in [0.15, 0.2) is 29.4 Å². The molecule has 3 atom stereocenters. The average molecular weight is 681 g/mol. The number of nitrogen functional groups attached to an aromatic ring is 1. The van der Waals surface area contributed by atoms with Crippen molar-refractivity contribution < 1.29 is 41.4 Å². The van der Waals surface area contributed by atoms with Gasteiger partial charge in [-0.25, -0.2) is 32.5 Å². The van der Waals surface area contributed by atoms with E-state index in [1.165, 1.54) is 24.9 Å². The fourth-order valence-electron chi connectivity index (χ4n) is 5.78. The number of fused-ring (bicyclic) bond motifs is 1. The minimum absolute atomic E-state index is 0.0232. The van der Waals surface area contributed by atoms with Crippen molar-refractivity contribution in [1.82, 2.24) is 24.5 Å². The summed E-state index contributed by atoms with van der Waals surface area (Å²) in [7, 11) is -4.20. The van der Waals surface area contributed by atoms with Gasteiger partial charge in [-0.3, -0.25) is 9.55 Å². The van der Waals surface area contributed by atoms with Gasteiger partial charge in [0.1, 0.15) is 23.8 Å². The normalized spacial score (nSPS) is 20.7. The van der Waals surface area contributed by atoms with Crippen LogP contribution in [0.4, 0.5) is 29.1 Å². The SMILES string of the molecule is Nc1ncnc2c1ncn2Cc1cc(-c2cc(F)c(OCP(=O)(O)OC3CCC3)cc2F)ncc1N1CCC[C@](N)([C@H](O)C(F)F)C1. The van der Waals surface area contributed by atoms with Crippen LogP contribution < -0.4 is 21.1 Å². The lowest BCUT2D eigenvalue weighted by atomic mass is 9.84. The maximum Gasteiger partial charge on any atom is 0.365 e. The van der Waals surface area contributed by atoms with Crippen molar-refractivity contribution in [2.24, 2.45) is 5.73 Å². The predicted octanol–water partition coefficient (Wildman–Crippen LogP) is 3.81. The van der Waals surface area contributed by atoms with E-state index in [0.29, 0.717) is 48.2 Å². The summed E-state index contributed by atoms with van der Waals surface area (Å²) < 4.78 is 81.9. The van der Waals surface area contributed by atoms with Crippen LogP contribution in [0.25, 0.3) is 22.4 Å². The Balaban J connectivity index is 1.33. The van der Waals surface area contributed by atoms with E-state index in [2.05, 4.69) is 19.9 Å². The molecule has 1 saturated heterocycles. The van der Waals surface area contributed by atoms with E-state index in [9.17, 15) is 23.3 Å². The van der Waals surface area contributed by atoms with Crippen LogP contribution in [0.2, 0.25) is 0 Å². The number of ether oxygens (including phenoxy) is 1. The molecule has 1 saturated carbocycles. The Morgan fingerprint density at radius 1 is 1.11 bits per heavy atom. The first kappa shape index (κ1) is 33.0. The molecule has 4 heterocycles. The van der Waals surface area contributed by atoms with E-state index >= 15 is 8.78 Å². The van der Waals surface area contributed by atoms with Crippen molar-refractivity contribution >= 4 is 30.3 Å². The van der Waals surface area contributed by atoms with Crippen molar-refractivity contribution in [1.29, 1.82) is 0 Å². The zero-order valence-electron chi connectivity index (χ0n) is 25.0. The Hall–Kier alpha value is -3.89. The van der Waals surface area contributed by atoms with Crippen LogP contribution in [0.1, 0.15) is 37.7 Å². The fraction of sp³-hybridized carbons (Fsp3) is 0.448. The lowest BCUT2D eigenvalue weighted by Crippen LogP contribution is -2.63. The van der Waals surface area contributed by atoms with Crippen LogP contribution in [0.5, 0.6) is 5.75 Å². The summed E-state index contributed by atoms with van der Waals surface area (Å²) in [5.41, 5.74) is 12.1. The molecular weight excluding hydrogens is 647 g/mol. The molecule has 1 unspecified atom stereocenters. The third-order valence-electron chi connectivity index (χ3n) is 8.51. The van der Waals surface area contributed by atoms with Gasteiger partial charge in [0.25, 0.3) is 6.43 Å². The Labute approximate surface area is 266 Å². The highest BCUT2D eigenvalue weighted by molar-refractivity contribution is 7.52. The minimum atomic E-state index is -4.20. The van der Waals surface area contributed by atoms with E-state index < -0.39 is 49.4 Å². The molecule has 2 fully saturated rings. The number of alkyl halides is 2. The van der Waals surface area contributed by atoms with E-state index in [-0.39, 0.29) is 42.7 Å². The first-order valence-electron chi connectivity index (χ1n) is 14.9. The van der Waals surface area contributed by atoms with E-state index in [1.807, 2.05) is 0 Å². The second-order valence-corrected chi connectivity index (χ2v) is 13.6. The smallest absolute Gasteiger partial charge is 0.365 e. The zero-order chi connectivity index (χ0) is 33.5. The molecule has 0 amide bonds. The maximum absolute atomic E-state index is 15.5. The number of nitrogens with two attached hydrogens (primary N) is 2. The second-order valence-electron chi connectivity index (χ2n) is 11.9. The topological polar surface area (TPSA) is 188 Å². The third-order valence-corrected chi connectivity index (χ3v) is 9.59. The largest absolute Gasteiger partial charge is 0.478 e. The van der Waals surface area contributed by atoms with Crippen LogP contribution in [0.15, 0.2) is 37.1 Å². The molecule has 6 N–H and O–H groups in total. The molecule has 47 heavy (non-hydrogen) atoms. The number of halogens is 4. The molecule has 4 aromatic rings. The molecule has 1 aromatic carbocycles. The van der Waals surface area contributed by atoms with Crippen LogP contribution in [0, 0.1) is 11.6 Å². The highest BCUT2D eigenvalue weighted by Gasteiger charge is 2.43. The van der Waals surface area contributed by atoms with E-state index in [1.54, 1.807) is 9.47 Å². The number of benzene rings is 1. The summed E-state index contributed by atoms with van der Waals surface area (Å²) in [6.07, 6.45) is 0.503. The third kappa shape index (κ3) is 6.90. The number of anilines is 2. The fourth-order valence-corrected chi connectivity index (χ4v) is 6.82. The monoisotopic (exact) mass is 680 g/mol. The van der Waals surface area contributed by atoms with Crippen LogP contribution in [-0.4, -0.2) is 78.1 Å². The van der Waals surface area contributed by atoms with Gasteiger partial charge in [-0.15, -0.1) is 0 Å². The van der Waals surface area contributed by atoms with Gasteiger partial charge in [-0.2, -0.15) is 0 Å². The van der Waals surface area contributed by atoms with E-state index in [0.717, 1.165) is 18.6 Å². The number of aliphatic hydroxyl groups is 1. The van der Waals surface area contributed by atoms with Crippen molar-refractivity contribution in [2.75, 3.05) is 30.1 Å². The summed E-state index contributed by atoms with van der Waals surface area (Å²) in [4.78, 5) is 28.6. The molecule has 2 aliphatic rings. The van der Waals surface area contributed by atoms with Crippen molar-refractivity contribution in [3.05, 3.63) is 54.2 Å². The standard InChI is InChI=1S/C29H33F4N8O5P/c30-19-9-23(45-15-47(43,44)46-17-3-1-4-17)20(31)8-18(19)21-7-16(11-41-14-39-24-27(34)37-13-38-28(24)41)22(10-36-21)40-6-2-5-29(35,12-40)25(42)26(32)33/h7-10,13-14,17,25-26,42H,1-6,11-12,15,35H2,(H,43,44)(H2,34,37,38)/t25-,29-/m1/s1. The van der Waals surface area contributed by atoms with Gasteiger partial charge in [-0.1, -0.05) is 0 Å². The molecule has 0 bridgehead atoms. The summed E-state index contributed by atoms with van der Waals surface area (Å²) in [6.45, 7) is 0.346. The molecular formula is C29H33F4N8O5P. The van der Waals surface area contributed by atoms with Gasteiger partial charge in [0, 0.05) is 24.7 Å². The number of nitrogens with zero attached hydrogens (tertiary/aromatic N) is 6. The van der Waals surface area contributed by atoms with Gasteiger partial charge in [0.2, 0.25) is 0 Å². The number of imidazole rings is 1. The highest BCUT2D eigenvalue weighted by Crippen LogP contribution is 2.47. The van der Waals surface area contributed by atoms with Crippen LogP contribution in [0.3, 0.4) is 0 Å². The number of piperidine rings is 1. The Morgan fingerprint density at radius 3 is 2.62 bits per heavy atom. The molecule has 1 aliphatic carbocycles. The Morgan fingerprint density at radius 2 is 1.89 bits per heavy atom. The number of aromatic nitrogens is 5. The van der Waals surface area contributed by atoms with Gasteiger partial charge >= 0.3 is 7.60 Å². The lowest BCUT2D eigenvalue weighted by molar-refractivity contribution is -0.0529. The van der Waals surface area contributed by atoms with Gasteiger partial charge in [-0.05, 0) is 49.8 Å². The number of rotatable bonds is 11. The summed E-state index contributed by atoms with van der Waals surface area (Å²) in [6, 6.07) is 3.12. The molecule has 18 heteroatoms. The molecule has 6 rings (SSSR count). The number of aliphatic hydroxyl groups excluding tert-OH is 1. The second kappa shape index (κ2) is 13.0. The molecule has 252 valence electrons. The summed E-state index contributed by atoms with van der Waals surface area (Å²) in [5.74, 6) is -2.36. The summed E-state index contributed by atoms with van der Waals surface area (Å²) >= 11 is 0. The van der Waals surface area contributed by atoms with Crippen LogP contribution >= 0.6 is 7.60 Å². The van der Waals surface area contributed by atoms with Crippen molar-refractivity contribution in [3.8, 4) is 17.0 Å². The Kier molecular flexibility index (Phi) is 9.11. The maximum atomic E-state index is 15.5. The molecule has 3 aromatic heterocycles. The molecule has 13 nitrogen and oxygen atoms in total. The molecule has 0 radical (unpaired) electrons. The molecule has 1 aliphatic heterocycles. The number of hydrogen-bond acceptors (Lipinski definition) is 11. The minimum Gasteiger partial charge on any atom is -0.478 e. The van der Waals surface area contributed by atoms with Crippen molar-refractivity contribution in [3.63, 3.8) is 0 Å². The van der Waals surface area contributed by atoms with E-state index in [4.69, 9.17) is 20.7 Å². The average Bonchev–Trinajstić information content (AvgIpc) is 3.42. The predicted molar refractivity (Wildman–Crippen MR) is 163 cm³/mol. The quantitative estimate of drug-likeness (QED) is 0.133.